The molecule has 180 valence electrons. The summed E-state index contributed by atoms with van der Waals surface area (Å²) in [5, 5.41) is 8.62. The monoisotopic (exact) mass is 484 g/mol. The quantitative estimate of drug-likeness (QED) is 0.275. The molecule has 1 aromatic carbocycles. The summed E-state index contributed by atoms with van der Waals surface area (Å²) in [4.78, 5) is 13.0. The number of sulfone groups is 1. The van der Waals surface area contributed by atoms with Crippen LogP contribution >= 0.6 is 0 Å². The molecule has 0 N–H and O–H groups in total. The van der Waals surface area contributed by atoms with Crippen LogP contribution in [-0.2, 0) is 41.7 Å². The van der Waals surface area contributed by atoms with E-state index in [1.807, 2.05) is 13.8 Å². The van der Waals surface area contributed by atoms with Gasteiger partial charge in [-0.05, 0) is 43.5 Å². The predicted molar refractivity (Wildman–Crippen MR) is 126 cm³/mol. The lowest BCUT2D eigenvalue weighted by Crippen LogP contribution is -2.13. The molecule has 10 heteroatoms. The van der Waals surface area contributed by atoms with Crippen LogP contribution in [0.25, 0.3) is 0 Å². The third-order valence-electron chi connectivity index (χ3n) is 5.58. The summed E-state index contributed by atoms with van der Waals surface area (Å²) in [7, 11) is -0.0333. The molecule has 0 unspecified atom stereocenters. The van der Waals surface area contributed by atoms with Crippen molar-refractivity contribution >= 4 is 15.8 Å². The largest absolute Gasteiger partial charge is 0.404 e. The number of benzene rings is 1. The van der Waals surface area contributed by atoms with E-state index in [1.165, 1.54) is 4.68 Å². The van der Waals surface area contributed by atoms with Gasteiger partial charge in [0.15, 0.2) is 9.84 Å². The lowest BCUT2D eigenvalue weighted by atomic mass is 9.97. The molecule has 0 aliphatic rings. The molecule has 0 atom stereocenters. The zero-order valence-corrected chi connectivity index (χ0v) is 21.0. The summed E-state index contributed by atoms with van der Waals surface area (Å²) < 4.78 is 38.9. The SMILES string of the molecule is C#CCOCc1c(S(C)(=O)=O)ccc(Cc2c(C)nn(C)c2OC(=O)c2cn(C)nc2C)c1C. The molecule has 0 radical (unpaired) electrons. The molecule has 34 heavy (non-hydrogen) atoms. The minimum Gasteiger partial charge on any atom is -0.404 e. The third kappa shape index (κ3) is 5.21. The van der Waals surface area contributed by atoms with Gasteiger partial charge in [-0.3, -0.25) is 4.68 Å². The fourth-order valence-electron chi connectivity index (χ4n) is 3.86. The van der Waals surface area contributed by atoms with Gasteiger partial charge >= 0.3 is 5.97 Å². The Balaban J connectivity index is 2.00. The Morgan fingerprint density at radius 3 is 2.41 bits per heavy atom. The van der Waals surface area contributed by atoms with Gasteiger partial charge in [0.25, 0.3) is 0 Å². The van der Waals surface area contributed by atoms with Crippen LogP contribution < -0.4 is 4.74 Å². The Kier molecular flexibility index (Phi) is 7.29. The third-order valence-corrected chi connectivity index (χ3v) is 6.76. The van der Waals surface area contributed by atoms with Crippen molar-refractivity contribution in [1.82, 2.24) is 19.6 Å². The van der Waals surface area contributed by atoms with Gasteiger partial charge in [0.2, 0.25) is 5.88 Å². The Morgan fingerprint density at radius 2 is 1.82 bits per heavy atom. The van der Waals surface area contributed by atoms with Crippen molar-refractivity contribution in [1.29, 1.82) is 0 Å². The minimum atomic E-state index is -3.47. The van der Waals surface area contributed by atoms with Crippen LogP contribution in [0, 0.1) is 33.1 Å². The zero-order chi connectivity index (χ0) is 25.2. The number of esters is 1. The highest BCUT2D eigenvalue weighted by molar-refractivity contribution is 7.90. The van der Waals surface area contributed by atoms with Gasteiger partial charge in [0, 0.05) is 38.5 Å². The van der Waals surface area contributed by atoms with Crippen LogP contribution in [0.5, 0.6) is 5.88 Å². The van der Waals surface area contributed by atoms with Crippen molar-refractivity contribution in [2.45, 2.75) is 38.7 Å². The number of hydrogen-bond acceptors (Lipinski definition) is 7. The Hall–Kier alpha value is -3.42. The molecule has 0 spiro atoms. The maximum absolute atomic E-state index is 12.8. The van der Waals surface area contributed by atoms with Gasteiger partial charge in [-0.25, -0.2) is 17.9 Å². The number of ether oxygens (including phenoxy) is 2. The van der Waals surface area contributed by atoms with Crippen LogP contribution in [0.1, 0.15) is 44.0 Å². The molecule has 0 fully saturated rings. The Bertz CT molecular complexity index is 1390. The second kappa shape index (κ2) is 9.83. The number of carbonyl (C=O) groups excluding carboxylic acids is 1. The maximum Gasteiger partial charge on any atom is 0.348 e. The average Bonchev–Trinajstić information content (AvgIpc) is 3.21. The van der Waals surface area contributed by atoms with Crippen LogP contribution in [0.15, 0.2) is 23.2 Å². The first-order valence-corrected chi connectivity index (χ1v) is 12.4. The van der Waals surface area contributed by atoms with Crippen LogP contribution in [0.3, 0.4) is 0 Å². The van der Waals surface area contributed by atoms with E-state index in [1.54, 1.807) is 44.0 Å². The maximum atomic E-state index is 12.8. The molecule has 9 nitrogen and oxygen atoms in total. The van der Waals surface area contributed by atoms with E-state index >= 15 is 0 Å². The van der Waals surface area contributed by atoms with E-state index in [-0.39, 0.29) is 18.1 Å². The first-order chi connectivity index (χ1) is 15.9. The summed E-state index contributed by atoms with van der Waals surface area (Å²) in [5.74, 6) is 2.18. The van der Waals surface area contributed by atoms with Gasteiger partial charge in [0.05, 0.1) is 22.9 Å². The molecule has 3 rings (SSSR count). The zero-order valence-electron chi connectivity index (χ0n) is 20.2. The first kappa shape index (κ1) is 25.2. The molecule has 2 heterocycles. The smallest absolute Gasteiger partial charge is 0.348 e. The van der Waals surface area contributed by atoms with Crippen molar-refractivity contribution in [3.05, 3.63) is 57.5 Å². The highest BCUT2D eigenvalue weighted by Gasteiger charge is 2.24. The van der Waals surface area contributed by atoms with E-state index in [0.717, 1.165) is 22.9 Å². The van der Waals surface area contributed by atoms with Crippen molar-refractivity contribution in [2.75, 3.05) is 12.9 Å². The normalized spacial score (nSPS) is 11.4. The second-order valence-corrected chi connectivity index (χ2v) is 10.1. The standard InChI is InChI=1S/C24H28N4O5S/c1-8-11-32-14-21-15(2)18(9-10-22(21)34(7,30)31)12-19-16(3)26-28(6)23(19)33-24(29)20-13-27(5)25-17(20)4/h1,9-10,13H,11-12,14H2,2-7H3. The average molecular weight is 485 g/mol. The van der Waals surface area contributed by atoms with E-state index < -0.39 is 15.8 Å². The molecule has 0 amide bonds. The number of hydrogen-bond donors (Lipinski definition) is 0. The number of nitrogens with zero attached hydrogens (tertiary/aromatic N) is 4. The number of terminal acetylenes is 1. The van der Waals surface area contributed by atoms with E-state index in [4.69, 9.17) is 15.9 Å². The van der Waals surface area contributed by atoms with Crippen molar-refractivity contribution in [2.24, 2.45) is 14.1 Å². The number of aromatic nitrogens is 4. The molecule has 2 aromatic heterocycles. The lowest BCUT2D eigenvalue weighted by Gasteiger charge is -2.16. The van der Waals surface area contributed by atoms with Gasteiger partial charge in [-0.2, -0.15) is 10.2 Å². The number of rotatable bonds is 8. The molecule has 0 saturated carbocycles. The van der Waals surface area contributed by atoms with Crippen LogP contribution in [-0.4, -0.2) is 46.8 Å². The highest BCUT2D eigenvalue weighted by atomic mass is 32.2. The van der Waals surface area contributed by atoms with Gasteiger partial charge in [-0.1, -0.05) is 12.0 Å². The fraction of sp³-hybridized carbons (Fsp3) is 0.375. The second-order valence-electron chi connectivity index (χ2n) is 8.16. The summed E-state index contributed by atoms with van der Waals surface area (Å²) >= 11 is 0. The molecule has 0 saturated heterocycles. The van der Waals surface area contributed by atoms with Crippen molar-refractivity contribution < 1.29 is 22.7 Å². The van der Waals surface area contributed by atoms with Crippen molar-refractivity contribution in [3.8, 4) is 18.2 Å². The number of carbonyl (C=O) groups is 1. The van der Waals surface area contributed by atoms with E-state index in [2.05, 4.69) is 16.1 Å². The predicted octanol–water partition coefficient (Wildman–Crippen LogP) is 2.44. The summed E-state index contributed by atoms with van der Waals surface area (Å²) in [6.07, 6.45) is 8.42. The molecular formula is C24H28N4O5S. The first-order valence-electron chi connectivity index (χ1n) is 10.5. The summed E-state index contributed by atoms with van der Waals surface area (Å²) in [6.45, 7) is 5.56. The molecule has 0 bridgehead atoms. The summed E-state index contributed by atoms with van der Waals surface area (Å²) in [6, 6.07) is 3.34. The fourth-order valence-corrected chi connectivity index (χ4v) is 4.83. The Morgan fingerprint density at radius 1 is 1.12 bits per heavy atom. The van der Waals surface area contributed by atoms with Gasteiger partial charge in [-0.15, -0.1) is 6.42 Å². The minimum absolute atomic E-state index is 0.0699. The molecule has 3 aromatic rings. The van der Waals surface area contributed by atoms with Crippen LogP contribution in [0.2, 0.25) is 0 Å². The van der Waals surface area contributed by atoms with Crippen molar-refractivity contribution in [3.63, 3.8) is 0 Å². The highest BCUT2D eigenvalue weighted by Crippen LogP contribution is 2.30. The van der Waals surface area contributed by atoms with Gasteiger partial charge in [0.1, 0.15) is 12.2 Å². The summed E-state index contributed by atoms with van der Waals surface area (Å²) in [5.41, 5.74) is 4.54. The topological polar surface area (TPSA) is 105 Å². The number of aryl methyl sites for hydroxylation is 4. The molecule has 0 aliphatic carbocycles. The van der Waals surface area contributed by atoms with E-state index in [9.17, 15) is 13.2 Å². The molecular weight excluding hydrogens is 456 g/mol. The van der Waals surface area contributed by atoms with Gasteiger partial charge < -0.3 is 9.47 Å². The molecule has 0 aliphatic heterocycles. The lowest BCUT2D eigenvalue weighted by molar-refractivity contribution is 0.0717. The van der Waals surface area contributed by atoms with Crippen LogP contribution in [0.4, 0.5) is 0 Å². The Labute approximate surface area is 199 Å². The van der Waals surface area contributed by atoms with E-state index in [0.29, 0.717) is 34.8 Å².